The van der Waals surface area contributed by atoms with Crippen molar-refractivity contribution >= 4 is 16.9 Å². The highest BCUT2D eigenvalue weighted by Crippen LogP contribution is 2.31. The number of hydrogen-bond acceptors (Lipinski definition) is 4. The first-order valence-corrected chi connectivity index (χ1v) is 8.35. The van der Waals surface area contributed by atoms with Gasteiger partial charge < -0.3 is 19.9 Å². The van der Waals surface area contributed by atoms with E-state index in [1.165, 1.54) is 0 Å². The average Bonchev–Trinajstić information content (AvgIpc) is 3.15. The van der Waals surface area contributed by atoms with Gasteiger partial charge in [0.15, 0.2) is 0 Å². The van der Waals surface area contributed by atoms with E-state index in [2.05, 4.69) is 15.3 Å². The molecule has 1 amide bonds. The molecule has 1 aromatic heterocycles. The van der Waals surface area contributed by atoms with Crippen LogP contribution in [0.1, 0.15) is 22.0 Å². The molecular formula is C19H20N4O2. The minimum absolute atomic E-state index is 0.0221. The molecule has 0 bridgehead atoms. The number of benzene rings is 2. The van der Waals surface area contributed by atoms with Crippen LogP contribution in [-0.2, 0) is 0 Å². The molecule has 0 spiro atoms. The molecule has 1 aliphatic heterocycles. The number of carbonyl (C=O) groups is 1. The number of fused-ring (bicyclic) bond motifs is 1. The normalized spacial score (nSPS) is 17.6. The molecule has 2 N–H and O–H groups in total. The van der Waals surface area contributed by atoms with Gasteiger partial charge in [-0.05, 0) is 24.3 Å². The molecule has 0 aliphatic carbocycles. The number of para-hydroxylation sites is 1. The van der Waals surface area contributed by atoms with E-state index in [0.717, 1.165) is 28.9 Å². The van der Waals surface area contributed by atoms with Gasteiger partial charge in [0.05, 0.1) is 30.5 Å². The predicted octanol–water partition coefficient (Wildman–Crippen LogP) is 2.36. The number of hydrogen-bond donors (Lipinski definition) is 2. The highest BCUT2D eigenvalue weighted by atomic mass is 16.5. The van der Waals surface area contributed by atoms with Crippen molar-refractivity contribution in [1.29, 1.82) is 0 Å². The first kappa shape index (κ1) is 15.7. The molecule has 2 heterocycles. The summed E-state index contributed by atoms with van der Waals surface area (Å²) in [5.74, 6) is 0.826. The fourth-order valence-electron chi connectivity index (χ4n) is 3.40. The Hall–Kier alpha value is -2.86. The molecule has 3 aromatic rings. The van der Waals surface area contributed by atoms with E-state index in [9.17, 15) is 4.79 Å². The Balaban J connectivity index is 1.69. The molecule has 25 heavy (non-hydrogen) atoms. The molecule has 0 radical (unpaired) electrons. The van der Waals surface area contributed by atoms with E-state index >= 15 is 0 Å². The number of aromatic amines is 1. The Morgan fingerprint density at radius 2 is 2.16 bits per heavy atom. The molecule has 1 aliphatic rings. The van der Waals surface area contributed by atoms with E-state index in [1.807, 2.05) is 47.4 Å². The number of ether oxygens (including phenoxy) is 1. The summed E-state index contributed by atoms with van der Waals surface area (Å²) in [7, 11) is 1.66. The van der Waals surface area contributed by atoms with Crippen molar-refractivity contribution in [2.75, 3.05) is 26.7 Å². The summed E-state index contributed by atoms with van der Waals surface area (Å²) in [4.78, 5) is 22.4. The highest BCUT2D eigenvalue weighted by molar-refractivity contribution is 5.97. The number of rotatable bonds is 3. The monoisotopic (exact) mass is 336 g/mol. The number of nitrogens with zero attached hydrogens (tertiary/aromatic N) is 2. The van der Waals surface area contributed by atoms with Gasteiger partial charge in [0.25, 0.3) is 5.91 Å². The zero-order valence-corrected chi connectivity index (χ0v) is 14.0. The molecule has 6 heteroatoms. The molecule has 0 unspecified atom stereocenters. The fourth-order valence-corrected chi connectivity index (χ4v) is 3.40. The summed E-state index contributed by atoms with van der Waals surface area (Å²) in [6, 6.07) is 13.4. The number of imidazole rings is 1. The Labute approximate surface area is 145 Å². The minimum atomic E-state index is -0.0603. The number of H-pyrrole nitrogens is 1. The van der Waals surface area contributed by atoms with Crippen LogP contribution in [0.2, 0.25) is 0 Å². The number of carbonyl (C=O) groups excluding carboxylic acids is 1. The Kier molecular flexibility index (Phi) is 4.11. The van der Waals surface area contributed by atoms with Gasteiger partial charge in [-0.2, -0.15) is 0 Å². The van der Waals surface area contributed by atoms with Crippen molar-refractivity contribution in [3.63, 3.8) is 0 Å². The van der Waals surface area contributed by atoms with E-state index in [0.29, 0.717) is 18.7 Å². The first-order valence-electron chi connectivity index (χ1n) is 8.35. The molecule has 1 atom stereocenters. The van der Waals surface area contributed by atoms with Crippen molar-refractivity contribution < 1.29 is 9.53 Å². The number of amides is 1. The largest absolute Gasteiger partial charge is 0.496 e. The predicted molar refractivity (Wildman–Crippen MR) is 95.7 cm³/mol. The van der Waals surface area contributed by atoms with Crippen LogP contribution in [0.3, 0.4) is 0 Å². The lowest BCUT2D eigenvalue weighted by atomic mass is 10.0. The standard InChI is InChI=1S/C19H20N4O2/c1-25-18-5-3-2-4-14(18)17-11-20-8-9-23(17)19(24)13-6-7-15-16(10-13)22-12-21-15/h2-7,10,12,17,20H,8-9,11H2,1H3,(H,21,22)/t17-/m0/s1. The van der Waals surface area contributed by atoms with Crippen LogP contribution in [0.5, 0.6) is 5.75 Å². The highest BCUT2D eigenvalue weighted by Gasteiger charge is 2.30. The lowest BCUT2D eigenvalue weighted by Gasteiger charge is -2.37. The number of methoxy groups -OCH3 is 1. The SMILES string of the molecule is COc1ccccc1[C@@H]1CNCCN1C(=O)c1ccc2nc[nH]c2c1. The summed E-state index contributed by atoms with van der Waals surface area (Å²) in [5, 5.41) is 3.38. The molecule has 1 fully saturated rings. The maximum atomic E-state index is 13.2. The van der Waals surface area contributed by atoms with Gasteiger partial charge in [0, 0.05) is 30.8 Å². The first-order chi connectivity index (χ1) is 12.3. The summed E-state index contributed by atoms with van der Waals surface area (Å²) >= 11 is 0. The molecule has 128 valence electrons. The Morgan fingerprint density at radius 3 is 3.04 bits per heavy atom. The van der Waals surface area contributed by atoms with Gasteiger partial charge in [-0.1, -0.05) is 18.2 Å². The average molecular weight is 336 g/mol. The Bertz CT molecular complexity index is 905. The zero-order chi connectivity index (χ0) is 17.2. The van der Waals surface area contributed by atoms with Crippen molar-refractivity contribution in [2.45, 2.75) is 6.04 Å². The second-order valence-electron chi connectivity index (χ2n) is 6.09. The third-order valence-corrected chi connectivity index (χ3v) is 4.67. The number of piperazine rings is 1. The molecule has 0 saturated carbocycles. The van der Waals surface area contributed by atoms with Crippen LogP contribution in [0.25, 0.3) is 11.0 Å². The smallest absolute Gasteiger partial charge is 0.254 e. The van der Waals surface area contributed by atoms with Crippen LogP contribution in [-0.4, -0.2) is 47.5 Å². The third-order valence-electron chi connectivity index (χ3n) is 4.67. The Morgan fingerprint density at radius 1 is 1.28 bits per heavy atom. The van der Waals surface area contributed by atoms with Gasteiger partial charge in [0.1, 0.15) is 5.75 Å². The van der Waals surface area contributed by atoms with E-state index in [1.54, 1.807) is 13.4 Å². The maximum absolute atomic E-state index is 13.2. The van der Waals surface area contributed by atoms with Crippen LogP contribution in [0.4, 0.5) is 0 Å². The number of nitrogens with one attached hydrogen (secondary N) is 2. The van der Waals surface area contributed by atoms with E-state index < -0.39 is 0 Å². The van der Waals surface area contributed by atoms with Gasteiger partial charge >= 0.3 is 0 Å². The zero-order valence-electron chi connectivity index (χ0n) is 14.0. The molecule has 4 rings (SSSR count). The van der Waals surface area contributed by atoms with Crippen molar-refractivity contribution in [3.05, 3.63) is 59.9 Å². The second-order valence-corrected chi connectivity index (χ2v) is 6.09. The third kappa shape index (κ3) is 2.85. The molecular weight excluding hydrogens is 316 g/mol. The van der Waals surface area contributed by atoms with Crippen LogP contribution in [0, 0.1) is 0 Å². The maximum Gasteiger partial charge on any atom is 0.254 e. The van der Waals surface area contributed by atoms with Gasteiger partial charge in [0.2, 0.25) is 0 Å². The summed E-state index contributed by atoms with van der Waals surface area (Å²) in [6.45, 7) is 2.14. The lowest BCUT2D eigenvalue weighted by Crippen LogP contribution is -2.48. The van der Waals surface area contributed by atoms with Crippen molar-refractivity contribution in [2.24, 2.45) is 0 Å². The quantitative estimate of drug-likeness (QED) is 0.770. The van der Waals surface area contributed by atoms with Crippen LogP contribution < -0.4 is 10.1 Å². The van der Waals surface area contributed by atoms with Gasteiger partial charge in [-0.15, -0.1) is 0 Å². The van der Waals surface area contributed by atoms with Crippen LogP contribution in [0.15, 0.2) is 48.8 Å². The topological polar surface area (TPSA) is 70.2 Å². The summed E-state index contributed by atoms with van der Waals surface area (Å²) in [5.41, 5.74) is 3.42. The van der Waals surface area contributed by atoms with Gasteiger partial charge in [-0.3, -0.25) is 4.79 Å². The molecule has 6 nitrogen and oxygen atoms in total. The van der Waals surface area contributed by atoms with Gasteiger partial charge in [-0.25, -0.2) is 4.98 Å². The second kappa shape index (κ2) is 6.57. The van der Waals surface area contributed by atoms with E-state index in [-0.39, 0.29) is 11.9 Å². The van der Waals surface area contributed by atoms with Crippen molar-refractivity contribution in [3.8, 4) is 5.75 Å². The minimum Gasteiger partial charge on any atom is -0.496 e. The molecule has 1 saturated heterocycles. The lowest BCUT2D eigenvalue weighted by molar-refractivity contribution is 0.0632. The fraction of sp³-hybridized carbons (Fsp3) is 0.263. The molecule has 2 aromatic carbocycles. The van der Waals surface area contributed by atoms with E-state index in [4.69, 9.17) is 4.74 Å². The summed E-state index contributed by atoms with van der Waals surface area (Å²) < 4.78 is 5.50. The van der Waals surface area contributed by atoms with Crippen LogP contribution >= 0.6 is 0 Å². The number of aromatic nitrogens is 2. The van der Waals surface area contributed by atoms with Crippen molar-refractivity contribution in [1.82, 2.24) is 20.2 Å². The summed E-state index contributed by atoms with van der Waals surface area (Å²) in [6.07, 6.45) is 1.64.